The summed E-state index contributed by atoms with van der Waals surface area (Å²) in [6.45, 7) is 3.59. The monoisotopic (exact) mass is 455 g/mol. The van der Waals surface area contributed by atoms with Crippen LogP contribution >= 0.6 is 0 Å². The van der Waals surface area contributed by atoms with Crippen molar-refractivity contribution in [2.24, 2.45) is 7.05 Å². The van der Waals surface area contributed by atoms with Crippen LogP contribution in [-0.4, -0.2) is 43.9 Å². The van der Waals surface area contributed by atoms with Gasteiger partial charge in [0.1, 0.15) is 5.56 Å². The summed E-state index contributed by atoms with van der Waals surface area (Å²) in [6.07, 6.45) is 1.70. The lowest BCUT2D eigenvalue weighted by atomic mass is 10.0. The summed E-state index contributed by atoms with van der Waals surface area (Å²) in [7, 11) is 1.85. The van der Waals surface area contributed by atoms with Crippen LogP contribution in [0.3, 0.4) is 0 Å². The zero-order chi connectivity index (χ0) is 23.2. The predicted molar refractivity (Wildman–Crippen MR) is 121 cm³/mol. The number of fused-ring (bicyclic) bond motifs is 1. The molecule has 7 nitrogen and oxygen atoms in total. The molecule has 1 atom stereocenters. The van der Waals surface area contributed by atoms with Gasteiger partial charge in [0.25, 0.3) is 0 Å². The molecule has 172 valence electrons. The number of rotatable bonds is 4. The number of benzene rings is 1. The van der Waals surface area contributed by atoms with E-state index >= 15 is 0 Å². The Bertz CT molecular complexity index is 1300. The average Bonchev–Trinajstić information content (AvgIpc) is 3.35. The highest BCUT2D eigenvalue weighted by Crippen LogP contribution is 2.39. The fourth-order valence-corrected chi connectivity index (χ4v) is 4.39. The third-order valence-corrected chi connectivity index (χ3v) is 5.99. The summed E-state index contributed by atoms with van der Waals surface area (Å²) in [5.74, 6) is 0.198. The van der Waals surface area contributed by atoms with E-state index in [0.29, 0.717) is 10.9 Å². The molecule has 3 N–H and O–H groups in total. The van der Waals surface area contributed by atoms with Crippen LogP contribution in [0.4, 0.5) is 19.1 Å². The quantitative estimate of drug-likeness (QED) is 0.422. The van der Waals surface area contributed by atoms with Gasteiger partial charge >= 0.3 is 6.18 Å². The summed E-state index contributed by atoms with van der Waals surface area (Å²) < 4.78 is 43.2. The molecule has 0 amide bonds. The van der Waals surface area contributed by atoms with E-state index < -0.39 is 11.7 Å². The second-order valence-corrected chi connectivity index (χ2v) is 8.41. The summed E-state index contributed by atoms with van der Waals surface area (Å²) in [4.78, 5) is 11.4. The third-order valence-electron chi connectivity index (χ3n) is 5.99. The largest absolute Gasteiger partial charge is 0.419 e. The number of hydrogen-bond acceptors (Lipinski definition) is 5. The minimum absolute atomic E-state index is 0.0802. The van der Waals surface area contributed by atoms with Crippen molar-refractivity contribution in [3.05, 3.63) is 48.0 Å². The van der Waals surface area contributed by atoms with Crippen molar-refractivity contribution in [3.63, 3.8) is 0 Å². The van der Waals surface area contributed by atoms with Crippen molar-refractivity contribution in [2.45, 2.75) is 32.0 Å². The summed E-state index contributed by atoms with van der Waals surface area (Å²) >= 11 is 0. The van der Waals surface area contributed by atoms with Crippen LogP contribution in [0.1, 0.15) is 24.1 Å². The van der Waals surface area contributed by atoms with Gasteiger partial charge in [0.15, 0.2) is 0 Å². The van der Waals surface area contributed by atoms with E-state index in [-0.39, 0.29) is 17.7 Å². The van der Waals surface area contributed by atoms with Crippen molar-refractivity contribution >= 4 is 16.9 Å². The smallest absolute Gasteiger partial charge is 0.360 e. The number of aromatic amines is 1. The normalized spacial score (nSPS) is 16.9. The lowest BCUT2D eigenvalue weighted by Crippen LogP contribution is -2.38. The van der Waals surface area contributed by atoms with E-state index in [4.69, 9.17) is 0 Å². The second kappa shape index (κ2) is 8.18. The maximum atomic E-state index is 13.8. The Kier molecular flexibility index (Phi) is 5.32. The molecule has 1 aromatic carbocycles. The van der Waals surface area contributed by atoms with Gasteiger partial charge in [-0.1, -0.05) is 12.1 Å². The maximum Gasteiger partial charge on any atom is 0.419 e. The van der Waals surface area contributed by atoms with Gasteiger partial charge < -0.3 is 15.6 Å². The molecule has 0 spiro atoms. The SMILES string of the molecule is Cc1nn(C)cc1-c1ccc2c(-c3nc(N[C@H]4CCCNC4)ncc3C(F)(F)F)c[nH]c2c1. The minimum Gasteiger partial charge on any atom is -0.360 e. The summed E-state index contributed by atoms with van der Waals surface area (Å²) in [5.41, 5.74) is 2.91. The molecule has 1 aliphatic rings. The number of alkyl halides is 3. The number of anilines is 1. The Balaban J connectivity index is 1.57. The van der Waals surface area contributed by atoms with Crippen LogP contribution in [0.5, 0.6) is 0 Å². The molecule has 33 heavy (non-hydrogen) atoms. The third kappa shape index (κ3) is 4.18. The molecule has 0 saturated carbocycles. The highest BCUT2D eigenvalue weighted by molar-refractivity contribution is 5.97. The molecule has 1 aliphatic heterocycles. The van der Waals surface area contributed by atoms with E-state index in [1.54, 1.807) is 10.9 Å². The lowest BCUT2D eigenvalue weighted by Gasteiger charge is -2.24. The first-order valence-electron chi connectivity index (χ1n) is 10.8. The predicted octanol–water partition coefficient (Wildman–Crippen LogP) is 4.52. The molecule has 0 bridgehead atoms. The van der Waals surface area contributed by atoms with Crippen molar-refractivity contribution < 1.29 is 13.2 Å². The van der Waals surface area contributed by atoms with E-state index in [1.807, 2.05) is 38.4 Å². The van der Waals surface area contributed by atoms with E-state index in [9.17, 15) is 13.2 Å². The molecule has 5 rings (SSSR count). The van der Waals surface area contributed by atoms with Crippen LogP contribution in [0.2, 0.25) is 0 Å². The molecule has 1 fully saturated rings. The Hall–Kier alpha value is -3.40. The number of nitrogens with zero attached hydrogens (tertiary/aromatic N) is 4. The van der Waals surface area contributed by atoms with Crippen molar-refractivity contribution in [3.8, 4) is 22.4 Å². The fourth-order valence-electron chi connectivity index (χ4n) is 4.39. The zero-order valence-electron chi connectivity index (χ0n) is 18.3. The molecule has 4 heterocycles. The molecule has 0 aliphatic carbocycles. The van der Waals surface area contributed by atoms with Gasteiger partial charge in [-0.15, -0.1) is 0 Å². The number of aryl methyl sites for hydroxylation is 2. The second-order valence-electron chi connectivity index (χ2n) is 8.41. The van der Waals surface area contributed by atoms with Crippen molar-refractivity contribution in [2.75, 3.05) is 18.4 Å². The van der Waals surface area contributed by atoms with Crippen LogP contribution in [0.15, 0.2) is 36.8 Å². The van der Waals surface area contributed by atoms with Gasteiger partial charge in [0.05, 0.1) is 11.4 Å². The van der Waals surface area contributed by atoms with E-state index in [1.165, 1.54) is 0 Å². The molecule has 1 saturated heterocycles. The van der Waals surface area contributed by atoms with Gasteiger partial charge in [0, 0.05) is 60.3 Å². The Morgan fingerprint density at radius 1 is 1.21 bits per heavy atom. The lowest BCUT2D eigenvalue weighted by molar-refractivity contribution is -0.137. The van der Waals surface area contributed by atoms with E-state index in [0.717, 1.165) is 54.5 Å². The van der Waals surface area contributed by atoms with Crippen LogP contribution < -0.4 is 10.6 Å². The molecular formula is C23H24F3N7. The van der Waals surface area contributed by atoms with Gasteiger partial charge in [-0.25, -0.2) is 9.97 Å². The van der Waals surface area contributed by atoms with Crippen LogP contribution in [0, 0.1) is 6.92 Å². The van der Waals surface area contributed by atoms with E-state index in [2.05, 4.69) is 30.7 Å². The first-order chi connectivity index (χ1) is 15.8. The topological polar surface area (TPSA) is 83.4 Å². The number of piperidine rings is 1. The first-order valence-corrected chi connectivity index (χ1v) is 10.8. The Morgan fingerprint density at radius 3 is 2.76 bits per heavy atom. The number of aromatic nitrogens is 5. The van der Waals surface area contributed by atoms with Crippen LogP contribution in [0.25, 0.3) is 33.3 Å². The van der Waals surface area contributed by atoms with Crippen LogP contribution in [-0.2, 0) is 13.2 Å². The molecule has 4 aromatic rings. The number of H-pyrrole nitrogens is 1. The molecule has 3 aromatic heterocycles. The first kappa shape index (κ1) is 21.4. The summed E-state index contributed by atoms with van der Waals surface area (Å²) in [5, 5.41) is 11.5. The molecule has 10 heteroatoms. The highest BCUT2D eigenvalue weighted by Gasteiger charge is 2.36. The standard InChI is InChI=1S/C23H24F3N7/c1-13-18(12-33(2)32-13)14-5-6-16-17(10-28-20(16)8-14)21-19(23(24,25)26)11-29-22(31-21)30-15-4-3-7-27-9-15/h5-6,8,10-12,15,27-28H,3-4,7,9H2,1-2H3,(H,29,30,31)/t15-/m0/s1. The van der Waals surface area contributed by atoms with Gasteiger partial charge in [-0.2, -0.15) is 18.3 Å². The van der Waals surface area contributed by atoms with Gasteiger partial charge in [-0.3, -0.25) is 4.68 Å². The van der Waals surface area contributed by atoms with Crippen molar-refractivity contribution in [1.29, 1.82) is 0 Å². The zero-order valence-corrected chi connectivity index (χ0v) is 18.3. The molecule has 0 unspecified atom stereocenters. The Labute approximate surface area is 188 Å². The highest BCUT2D eigenvalue weighted by atomic mass is 19.4. The number of hydrogen-bond donors (Lipinski definition) is 3. The fraction of sp³-hybridized carbons (Fsp3) is 0.348. The molecular weight excluding hydrogens is 431 g/mol. The minimum atomic E-state index is -4.57. The maximum absolute atomic E-state index is 13.8. The van der Waals surface area contributed by atoms with Gasteiger partial charge in [0.2, 0.25) is 5.95 Å². The number of halogens is 3. The molecule has 0 radical (unpaired) electrons. The summed E-state index contributed by atoms with van der Waals surface area (Å²) in [6, 6.07) is 5.72. The Morgan fingerprint density at radius 2 is 2.06 bits per heavy atom. The van der Waals surface area contributed by atoms with Gasteiger partial charge in [-0.05, 0) is 37.9 Å². The average molecular weight is 455 g/mol. The van der Waals surface area contributed by atoms with Crippen molar-refractivity contribution in [1.82, 2.24) is 30.0 Å². The number of nitrogens with one attached hydrogen (secondary N) is 3.